The molecule has 196 valence electrons. The first kappa shape index (κ1) is 26.8. The van der Waals surface area contributed by atoms with Crippen molar-refractivity contribution in [3.05, 3.63) is 102 Å². The minimum atomic E-state index is -0.514. The molecule has 2 N–H and O–H groups in total. The van der Waals surface area contributed by atoms with Crippen molar-refractivity contribution in [3.63, 3.8) is 0 Å². The molecule has 0 unspecified atom stereocenters. The molecule has 0 saturated heterocycles. The van der Waals surface area contributed by atoms with Gasteiger partial charge in [-0.05, 0) is 70.7 Å². The summed E-state index contributed by atoms with van der Waals surface area (Å²) in [5.74, 6) is 0.202. The summed E-state index contributed by atoms with van der Waals surface area (Å²) in [6, 6.07) is 17.6. The molecule has 4 aromatic rings. The number of ether oxygens (including phenoxy) is 1. The molecule has 0 aliphatic heterocycles. The Morgan fingerprint density at radius 1 is 1.05 bits per heavy atom. The molecule has 2 aromatic heterocycles. The van der Waals surface area contributed by atoms with Gasteiger partial charge in [-0.3, -0.25) is 14.9 Å². The van der Waals surface area contributed by atoms with Gasteiger partial charge in [0.05, 0.1) is 10.9 Å². The van der Waals surface area contributed by atoms with E-state index in [-0.39, 0.29) is 5.91 Å². The highest BCUT2D eigenvalue weighted by Crippen LogP contribution is 2.36. The number of pyridine rings is 1. The predicted octanol–water partition coefficient (Wildman–Crippen LogP) is 5.08. The Morgan fingerprint density at radius 2 is 1.79 bits per heavy atom. The van der Waals surface area contributed by atoms with Gasteiger partial charge in [-0.2, -0.15) is 4.39 Å². The van der Waals surface area contributed by atoms with Gasteiger partial charge < -0.3 is 15.0 Å². The maximum Gasteiger partial charge on any atom is 0.245 e. The molecule has 0 atom stereocenters. The third-order valence-electron chi connectivity index (χ3n) is 6.14. The molecule has 0 radical (unpaired) electrons. The molecule has 0 spiro atoms. The van der Waals surface area contributed by atoms with E-state index in [1.54, 1.807) is 38.6 Å². The predicted molar refractivity (Wildman–Crippen MR) is 149 cm³/mol. The number of carbonyl (C=O) groups excluding carboxylic acids is 1. The second-order valence-electron chi connectivity index (χ2n) is 8.93. The summed E-state index contributed by atoms with van der Waals surface area (Å²) in [6.07, 6.45) is 7.69. The molecule has 7 nitrogen and oxygen atoms in total. The van der Waals surface area contributed by atoms with Gasteiger partial charge in [-0.1, -0.05) is 31.2 Å². The van der Waals surface area contributed by atoms with E-state index < -0.39 is 5.95 Å². The van der Waals surface area contributed by atoms with Crippen LogP contribution in [0.1, 0.15) is 30.0 Å². The maximum absolute atomic E-state index is 14.3. The van der Waals surface area contributed by atoms with Crippen molar-refractivity contribution in [2.24, 2.45) is 0 Å². The van der Waals surface area contributed by atoms with E-state index in [0.29, 0.717) is 30.6 Å². The lowest BCUT2D eigenvalue weighted by Crippen LogP contribution is -2.22. The van der Waals surface area contributed by atoms with Gasteiger partial charge in [0.25, 0.3) is 0 Å². The zero-order valence-corrected chi connectivity index (χ0v) is 21.9. The lowest BCUT2D eigenvalue weighted by Gasteiger charge is -2.17. The Morgan fingerprint density at radius 3 is 2.50 bits per heavy atom. The van der Waals surface area contributed by atoms with E-state index in [0.717, 1.165) is 40.0 Å². The largest absolute Gasteiger partial charge is 0.492 e. The van der Waals surface area contributed by atoms with Gasteiger partial charge in [0, 0.05) is 45.7 Å². The number of likely N-dealkylation sites (N-methyl/N-ethyl adjacent to an activating group) is 1. The number of halogens is 1. The third-order valence-corrected chi connectivity index (χ3v) is 6.14. The number of nitrogens with zero attached hydrogens (tertiary/aromatic N) is 3. The van der Waals surface area contributed by atoms with Gasteiger partial charge in [0.1, 0.15) is 12.4 Å². The number of hydrogen-bond acceptors (Lipinski definition) is 5. The quantitative estimate of drug-likeness (QED) is 0.216. The van der Waals surface area contributed by atoms with Gasteiger partial charge in [-0.25, -0.2) is 0 Å². The Bertz CT molecular complexity index is 1430. The van der Waals surface area contributed by atoms with E-state index in [9.17, 15) is 9.18 Å². The van der Waals surface area contributed by atoms with Gasteiger partial charge in [0.2, 0.25) is 11.9 Å². The number of aromatic nitrogens is 3. The van der Waals surface area contributed by atoms with Crippen molar-refractivity contribution in [3.8, 4) is 5.75 Å². The molecular formula is C30H32FN5O2. The van der Waals surface area contributed by atoms with Crippen LogP contribution in [0.3, 0.4) is 0 Å². The summed E-state index contributed by atoms with van der Waals surface area (Å²) in [7, 11) is 3.44. The molecule has 2 aromatic carbocycles. The molecule has 0 saturated carbocycles. The van der Waals surface area contributed by atoms with Crippen LogP contribution in [0, 0.1) is 5.95 Å². The maximum atomic E-state index is 14.3. The average molecular weight is 514 g/mol. The first-order valence-corrected chi connectivity index (χ1v) is 12.6. The van der Waals surface area contributed by atoms with E-state index in [2.05, 4.69) is 27.4 Å². The fraction of sp³-hybridized carbons (Fsp3) is 0.233. The number of hydrogen-bond donors (Lipinski definition) is 2. The van der Waals surface area contributed by atoms with Crippen LogP contribution in [0.5, 0.6) is 5.75 Å². The zero-order chi connectivity index (χ0) is 26.9. The van der Waals surface area contributed by atoms with Crippen LogP contribution in [-0.4, -0.2) is 59.8 Å². The highest BCUT2D eigenvalue weighted by molar-refractivity contribution is 6.00. The molecule has 0 aliphatic carbocycles. The van der Waals surface area contributed by atoms with Crippen molar-refractivity contribution in [2.75, 3.05) is 33.8 Å². The Labute approximate surface area is 222 Å². The van der Waals surface area contributed by atoms with Crippen LogP contribution >= 0.6 is 0 Å². The number of carbonyl (C=O) groups is 1. The molecule has 0 aliphatic rings. The topological polar surface area (TPSA) is 83.1 Å². The Balaban J connectivity index is 1.53. The summed E-state index contributed by atoms with van der Waals surface area (Å²) in [4.78, 5) is 17.2. The molecule has 4 rings (SSSR count). The SMILES string of the molecule is CC/C(=C(/c1ccc(OCCNC/C=C/C(=O)N(C)C)cc1)c1ccc2[nH]nc(F)c2c1)c1ccncc1. The summed E-state index contributed by atoms with van der Waals surface area (Å²) in [6.45, 7) is 3.84. The number of nitrogens with one attached hydrogen (secondary N) is 2. The van der Waals surface area contributed by atoms with E-state index in [1.165, 1.54) is 4.90 Å². The highest BCUT2D eigenvalue weighted by Gasteiger charge is 2.15. The first-order chi connectivity index (χ1) is 18.5. The number of aromatic amines is 1. The first-order valence-electron chi connectivity index (χ1n) is 12.6. The van der Waals surface area contributed by atoms with Crippen LogP contribution in [0.2, 0.25) is 0 Å². The number of rotatable bonds is 11. The monoisotopic (exact) mass is 513 g/mol. The minimum Gasteiger partial charge on any atom is -0.492 e. The fourth-order valence-corrected chi connectivity index (χ4v) is 4.18. The smallest absolute Gasteiger partial charge is 0.245 e. The number of fused-ring (bicyclic) bond motifs is 1. The summed E-state index contributed by atoms with van der Waals surface area (Å²) >= 11 is 0. The van der Waals surface area contributed by atoms with Gasteiger partial charge in [-0.15, -0.1) is 5.10 Å². The standard InChI is InChI=1S/C30H32FN5O2/c1-4-25(21-13-16-33-17-14-21)29(23-9-12-27-26(20-23)30(31)35-34-27)22-7-10-24(11-8-22)38-19-18-32-15-5-6-28(37)36(2)3/h5-14,16-17,20,32H,4,15,18-19H2,1-3H3,(H,34,35)/b6-5+,29-25+. The van der Waals surface area contributed by atoms with Crippen molar-refractivity contribution >= 4 is 28.0 Å². The molecule has 8 heteroatoms. The molecule has 38 heavy (non-hydrogen) atoms. The number of allylic oxidation sites excluding steroid dienone is 1. The molecule has 2 heterocycles. The van der Waals surface area contributed by atoms with Gasteiger partial charge >= 0.3 is 0 Å². The summed E-state index contributed by atoms with van der Waals surface area (Å²) in [5, 5.41) is 10.1. The second-order valence-corrected chi connectivity index (χ2v) is 8.93. The van der Waals surface area contributed by atoms with E-state index in [4.69, 9.17) is 4.74 Å². The summed E-state index contributed by atoms with van der Waals surface area (Å²) < 4.78 is 20.2. The number of H-pyrrole nitrogens is 1. The van der Waals surface area contributed by atoms with Gasteiger partial charge in [0.15, 0.2) is 0 Å². The molecule has 0 bridgehead atoms. The normalized spacial score (nSPS) is 12.1. The van der Waals surface area contributed by atoms with Crippen LogP contribution in [-0.2, 0) is 4.79 Å². The number of benzene rings is 2. The number of amides is 1. The molecule has 1 amide bonds. The Hall–Kier alpha value is -4.30. The van der Waals surface area contributed by atoms with Crippen LogP contribution in [0.25, 0.3) is 22.0 Å². The van der Waals surface area contributed by atoms with E-state index in [1.807, 2.05) is 54.6 Å². The Kier molecular flexibility index (Phi) is 9.00. The second kappa shape index (κ2) is 12.8. The van der Waals surface area contributed by atoms with Crippen LogP contribution < -0.4 is 10.1 Å². The molecular weight excluding hydrogens is 481 g/mol. The molecule has 0 fully saturated rings. The van der Waals surface area contributed by atoms with Crippen molar-refractivity contribution < 1.29 is 13.9 Å². The lowest BCUT2D eigenvalue weighted by atomic mass is 9.88. The van der Waals surface area contributed by atoms with Crippen LogP contribution in [0.15, 0.2) is 79.1 Å². The minimum absolute atomic E-state index is 0.0402. The highest BCUT2D eigenvalue weighted by atomic mass is 19.1. The zero-order valence-electron chi connectivity index (χ0n) is 21.9. The van der Waals surface area contributed by atoms with E-state index >= 15 is 0 Å². The average Bonchev–Trinajstić information content (AvgIpc) is 3.31. The van der Waals surface area contributed by atoms with Crippen LogP contribution in [0.4, 0.5) is 4.39 Å². The van der Waals surface area contributed by atoms with Crippen molar-refractivity contribution in [1.82, 2.24) is 25.4 Å². The van der Waals surface area contributed by atoms with Crippen molar-refractivity contribution in [2.45, 2.75) is 13.3 Å². The fourth-order valence-electron chi connectivity index (χ4n) is 4.18. The third kappa shape index (κ3) is 6.52. The lowest BCUT2D eigenvalue weighted by molar-refractivity contribution is -0.123. The summed E-state index contributed by atoms with van der Waals surface area (Å²) in [5.41, 5.74) is 5.79. The van der Waals surface area contributed by atoms with Crippen molar-refractivity contribution in [1.29, 1.82) is 0 Å².